The smallest absolute Gasteiger partial charge is 0.274 e. The minimum absolute atomic E-state index is 0.0987. The third-order valence-electron chi connectivity index (χ3n) is 4.56. The number of carbonyl (C=O) groups excluding carboxylic acids is 1. The van der Waals surface area contributed by atoms with Gasteiger partial charge in [0.25, 0.3) is 11.3 Å². The molecule has 4 aromatic rings. The van der Waals surface area contributed by atoms with E-state index >= 15 is 0 Å². The Kier molecular flexibility index (Phi) is 6.36. The second-order valence-corrected chi connectivity index (χ2v) is 7.65. The molecule has 32 heavy (non-hydrogen) atoms. The van der Waals surface area contributed by atoms with Gasteiger partial charge in [0.2, 0.25) is 11.1 Å². The zero-order chi connectivity index (χ0) is 22.5. The quantitative estimate of drug-likeness (QED) is 0.390. The maximum atomic E-state index is 12.4. The van der Waals surface area contributed by atoms with E-state index in [1.54, 1.807) is 38.5 Å². The molecule has 0 radical (unpaired) electrons. The van der Waals surface area contributed by atoms with Crippen LogP contribution in [0.4, 0.5) is 5.69 Å². The molecule has 2 aromatic carbocycles. The normalized spacial score (nSPS) is 10.8. The molecule has 0 atom stereocenters. The lowest BCUT2D eigenvalue weighted by Gasteiger charge is -2.06. The highest BCUT2D eigenvalue weighted by atomic mass is 32.2. The van der Waals surface area contributed by atoms with Crippen molar-refractivity contribution in [3.63, 3.8) is 0 Å². The van der Waals surface area contributed by atoms with Crippen molar-refractivity contribution in [3.8, 4) is 11.5 Å². The molecule has 0 aliphatic rings. The van der Waals surface area contributed by atoms with Crippen LogP contribution in [0.5, 0.6) is 11.5 Å². The van der Waals surface area contributed by atoms with Gasteiger partial charge in [-0.05, 0) is 42.0 Å². The number of amides is 1. The van der Waals surface area contributed by atoms with E-state index in [0.29, 0.717) is 28.7 Å². The van der Waals surface area contributed by atoms with Gasteiger partial charge in [-0.3, -0.25) is 14.6 Å². The molecule has 2 aromatic heterocycles. The van der Waals surface area contributed by atoms with Crippen molar-refractivity contribution in [3.05, 3.63) is 70.1 Å². The van der Waals surface area contributed by atoms with Gasteiger partial charge in [-0.15, -0.1) is 10.2 Å². The largest absolute Gasteiger partial charge is 0.497 e. The van der Waals surface area contributed by atoms with Crippen LogP contribution in [-0.4, -0.2) is 50.7 Å². The molecule has 4 rings (SSSR count). The fourth-order valence-electron chi connectivity index (χ4n) is 2.92. The minimum atomic E-state index is -0.338. The van der Waals surface area contributed by atoms with Crippen LogP contribution in [0.3, 0.4) is 0 Å². The van der Waals surface area contributed by atoms with Crippen LogP contribution in [0.15, 0.2) is 58.5 Å². The number of aromatic amines is 1. The first-order chi connectivity index (χ1) is 15.6. The number of aromatic nitrogens is 5. The third kappa shape index (κ3) is 4.89. The second kappa shape index (κ2) is 9.52. The van der Waals surface area contributed by atoms with Crippen molar-refractivity contribution in [1.82, 2.24) is 24.8 Å². The lowest BCUT2D eigenvalue weighted by Crippen LogP contribution is -2.19. The van der Waals surface area contributed by atoms with E-state index in [1.165, 1.54) is 16.3 Å². The van der Waals surface area contributed by atoms with Crippen LogP contribution in [0.1, 0.15) is 11.3 Å². The number of hydrogen-bond donors (Lipinski definition) is 2. The number of methoxy groups -OCH3 is 2. The van der Waals surface area contributed by atoms with Crippen LogP contribution in [0.25, 0.3) is 5.78 Å². The van der Waals surface area contributed by atoms with Crippen molar-refractivity contribution in [2.75, 3.05) is 25.3 Å². The maximum absolute atomic E-state index is 12.4. The third-order valence-corrected chi connectivity index (χ3v) is 5.48. The van der Waals surface area contributed by atoms with Crippen molar-refractivity contribution < 1.29 is 14.3 Å². The number of anilines is 1. The highest BCUT2D eigenvalue weighted by molar-refractivity contribution is 7.99. The number of rotatable bonds is 8. The molecule has 0 fully saturated rings. The zero-order valence-corrected chi connectivity index (χ0v) is 18.2. The van der Waals surface area contributed by atoms with E-state index in [-0.39, 0.29) is 23.0 Å². The average Bonchev–Trinajstić information content (AvgIpc) is 3.20. The van der Waals surface area contributed by atoms with Gasteiger partial charge in [0.05, 0.1) is 20.0 Å². The number of H-pyrrole nitrogens is 1. The summed E-state index contributed by atoms with van der Waals surface area (Å²) in [5.41, 5.74) is 1.54. The highest BCUT2D eigenvalue weighted by Gasteiger charge is 2.14. The monoisotopic (exact) mass is 452 g/mol. The van der Waals surface area contributed by atoms with E-state index in [0.717, 1.165) is 11.3 Å². The van der Waals surface area contributed by atoms with Gasteiger partial charge in [0.1, 0.15) is 17.2 Å². The number of nitrogens with one attached hydrogen (secondary N) is 2. The van der Waals surface area contributed by atoms with Crippen LogP contribution in [0.2, 0.25) is 0 Å². The van der Waals surface area contributed by atoms with Gasteiger partial charge in [-0.1, -0.05) is 23.9 Å². The Labute approximate surface area is 187 Å². The van der Waals surface area contributed by atoms with Crippen LogP contribution in [0, 0.1) is 0 Å². The first kappa shape index (κ1) is 21.4. The number of fused-ring (bicyclic) bond motifs is 1. The highest BCUT2D eigenvalue weighted by Crippen LogP contribution is 2.18. The molecule has 11 heteroatoms. The van der Waals surface area contributed by atoms with E-state index in [2.05, 4.69) is 25.6 Å². The molecule has 0 aliphatic carbocycles. The molecule has 0 unspecified atom stereocenters. The minimum Gasteiger partial charge on any atom is -0.497 e. The lowest BCUT2D eigenvalue weighted by atomic mass is 10.1. The fourth-order valence-corrected chi connectivity index (χ4v) is 3.60. The summed E-state index contributed by atoms with van der Waals surface area (Å²) >= 11 is 1.17. The second-order valence-electron chi connectivity index (χ2n) is 6.71. The molecule has 1 amide bonds. The summed E-state index contributed by atoms with van der Waals surface area (Å²) in [7, 11) is 3.18. The Morgan fingerprint density at radius 1 is 1.03 bits per heavy atom. The van der Waals surface area contributed by atoms with Crippen LogP contribution < -0.4 is 20.3 Å². The number of benzene rings is 2. The molecular weight excluding hydrogens is 432 g/mol. The summed E-state index contributed by atoms with van der Waals surface area (Å²) in [6, 6.07) is 14.4. The van der Waals surface area contributed by atoms with Crippen molar-refractivity contribution in [2.45, 2.75) is 11.6 Å². The SMILES string of the molecule is COc1ccc(Cc2nn3c(SCC(=O)Nc4ccc(OC)cc4)nnc3[nH]c2=O)cc1. The van der Waals surface area contributed by atoms with Gasteiger partial charge in [0, 0.05) is 12.1 Å². The molecular formula is C21H20N6O4S. The lowest BCUT2D eigenvalue weighted by molar-refractivity contribution is -0.113. The maximum Gasteiger partial charge on any atom is 0.274 e. The van der Waals surface area contributed by atoms with Crippen LogP contribution >= 0.6 is 11.8 Å². The summed E-state index contributed by atoms with van der Waals surface area (Å²) in [5.74, 6) is 1.54. The molecule has 2 heterocycles. The summed E-state index contributed by atoms with van der Waals surface area (Å²) in [6.07, 6.45) is 0.329. The molecule has 2 N–H and O–H groups in total. The summed E-state index contributed by atoms with van der Waals surface area (Å²) in [6.45, 7) is 0. The Balaban J connectivity index is 1.46. The van der Waals surface area contributed by atoms with Crippen molar-refractivity contribution in [2.24, 2.45) is 0 Å². The predicted molar refractivity (Wildman–Crippen MR) is 120 cm³/mol. The summed E-state index contributed by atoms with van der Waals surface area (Å²) in [5, 5.41) is 15.6. The Hall–Kier alpha value is -3.86. The topological polar surface area (TPSA) is 124 Å². The molecule has 10 nitrogen and oxygen atoms in total. The van der Waals surface area contributed by atoms with Gasteiger partial charge in [-0.25, -0.2) is 0 Å². The summed E-state index contributed by atoms with van der Waals surface area (Å²) in [4.78, 5) is 27.4. The Morgan fingerprint density at radius 2 is 1.69 bits per heavy atom. The molecule has 0 aliphatic heterocycles. The average molecular weight is 452 g/mol. The predicted octanol–water partition coefficient (Wildman–Crippen LogP) is 2.15. The van der Waals surface area contributed by atoms with Crippen LogP contribution in [-0.2, 0) is 11.2 Å². The van der Waals surface area contributed by atoms with Gasteiger partial charge in [-0.2, -0.15) is 9.61 Å². The molecule has 0 saturated carbocycles. The van der Waals surface area contributed by atoms with E-state index in [1.807, 2.05) is 24.3 Å². The molecule has 0 bridgehead atoms. The van der Waals surface area contributed by atoms with Gasteiger partial charge >= 0.3 is 0 Å². The van der Waals surface area contributed by atoms with E-state index < -0.39 is 0 Å². The number of ether oxygens (including phenoxy) is 2. The van der Waals surface area contributed by atoms with Crippen molar-refractivity contribution in [1.29, 1.82) is 0 Å². The number of thioether (sulfide) groups is 1. The first-order valence-corrected chi connectivity index (χ1v) is 10.6. The fraction of sp³-hybridized carbons (Fsp3) is 0.190. The molecule has 164 valence electrons. The number of hydrogen-bond acceptors (Lipinski definition) is 8. The Morgan fingerprint density at radius 3 is 2.34 bits per heavy atom. The Bertz CT molecular complexity index is 1280. The van der Waals surface area contributed by atoms with Gasteiger partial charge in [0.15, 0.2) is 0 Å². The number of nitrogens with zero attached hydrogens (tertiary/aromatic N) is 4. The van der Waals surface area contributed by atoms with E-state index in [4.69, 9.17) is 9.47 Å². The van der Waals surface area contributed by atoms with Crippen molar-refractivity contribution >= 4 is 29.1 Å². The zero-order valence-electron chi connectivity index (χ0n) is 17.4. The molecule has 0 saturated heterocycles. The van der Waals surface area contributed by atoms with Gasteiger partial charge < -0.3 is 14.8 Å². The summed E-state index contributed by atoms with van der Waals surface area (Å²) < 4.78 is 11.7. The standard InChI is InChI=1S/C21H20N6O4S/c1-30-15-7-3-13(4-8-15)11-17-19(29)23-20-24-25-21(27(20)26-17)32-12-18(28)22-14-5-9-16(31-2)10-6-14/h3-10H,11-12H2,1-2H3,(H,22,28)(H,23,24,29). The number of carbonyl (C=O) groups is 1. The van der Waals surface area contributed by atoms with E-state index in [9.17, 15) is 9.59 Å². The first-order valence-electron chi connectivity index (χ1n) is 9.60. The molecule has 0 spiro atoms.